The second-order valence-corrected chi connectivity index (χ2v) is 3.61. The highest BCUT2D eigenvalue weighted by molar-refractivity contribution is 5.74. The Morgan fingerprint density at radius 2 is 2.06 bits per heavy atom. The maximum atomic E-state index is 11.4. The van der Waals surface area contributed by atoms with Crippen molar-refractivity contribution in [3.8, 4) is 5.75 Å². The summed E-state index contributed by atoms with van der Waals surface area (Å²) in [5, 5.41) is 0. The lowest BCUT2D eigenvalue weighted by atomic mass is 10.1. The van der Waals surface area contributed by atoms with Gasteiger partial charge in [-0.25, -0.2) is 0 Å². The van der Waals surface area contributed by atoms with Gasteiger partial charge in [0.05, 0.1) is 19.6 Å². The third-order valence-corrected chi connectivity index (χ3v) is 2.37. The minimum atomic E-state index is -0.228. The highest BCUT2D eigenvalue weighted by atomic mass is 16.5. The molecule has 0 aliphatic heterocycles. The number of methoxy groups -OCH3 is 1. The largest absolute Gasteiger partial charge is 0.494 e. The number of esters is 1. The number of carbonyl (C=O) groups excluding carboxylic acids is 1. The maximum Gasteiger partial charge on any atom is 0.312 e. The molecule has 1 aromatic rings. The van der Waals surface area contributed by atoms with E-state index < -0.39 is 0 Å². The van der Waals surface area contributed by atoms with E-state index in [1.165, 1.54) is 7.11 Å². The summed E-state index contributed by atoms with van der Waals surface area (Å²) in [6, 6.07) is 9.55. The fraction of sp³-hybridized carbons (Fsp3) is 0.357. The van der Waals surface area contributed by atoms with Crippen LogP contribution in [0.5, 0.6) is 5.75 Å². The van der Waals surface area contributed by atoms with Gasteiger partial charge in [0.1, 0.15) is 5.75 Å². The summed E-state index contributed by atoms with van der Waals surface area (Å²) in [7, 11) is 1.40. The van der Waals surface area contributed by atoms with Crippen LogP contribution in [0.25, 0.3) is 0 Å². The number of benzene rings is 1. The third kappa shape index (κ3) is 4.72. The first kappa shape index (κ1) is 13.3. The highest BCUT2D eigenvalue weighted by Crippen LogP contribution is 2.12. The first-order valence-electron chi connectivity index (χ1n) is 5.66. The summed E-state index contributed by atoms with van der Waals surface area (Å²) in [6.45, 7) is 2.38. The number of hydrogen-bond donors (Lipinski definition) is 0. The first-order chi connectivity index (χ1) is 8.27. The lowest BCUT2D eigenvalue weighted by molar-refractivity contribution is -0.144. The molecule has 0 aliphatic carbocycles. The van der Waals surface area contributed by atoms with Gasteiger partial charge in [-0.1, -0.05) is 30.4 Å². The monoisotopic (exact) mass is 234 g/mol. The molecule has 1 atom stereocenters. The van der Waals surface area contributed by atoms with Crippen molar-refractivity contribution < 1.29 is 14.3 Å². The molecule has 1 aromatic carbocycles. The Morgan fingerprint density at radius 3 is 2.65 bits per heavy atom. The molecule has 3 heteroatoms. The van der Waals surface area contributed by atoms with Crippen LogP contribution in [0.15, 0.2) is 42.5 Å². The van der Waals surface area contributed by atoms with Crippen molar-refractivity contribution in [1.29, 1.82) is 0 Å². The van der Waals surface area contributed by atoms with Gasteiger partial charge in [-0.2, -0.15) is 0 Å². The predicted molar refractivity (Wildman–Crippen MR) is 66.9 cm³/mol. The molecule has 0 heterocycles. The molecule has 0 aliphatic rings. The average Bonchev–Trinajstić information content (AvgIpc) is 2.38. The quantitative estimate of drug-likeness (QED) is 0.561. The molecule has 1 unspecified atom stereocenters. The van der Waals surface area contributed by atoms with Gasteiger partial charge in [-0.3, -0.25) is 4.79 Å². The summed E-state index contributed by atoms with van der Waals surface area (Å²) in [6.07, 6.45) is 4.30. The molecule has 0 saturated heterocycles. The van der Waals surface area contributed by atoms with Crippen LogP contribution in [-0.4, -0.2) is 19.7 Å². The van der Waals surface area contributed by atoms with Crippen LogP contribution in [0, 0.1) is 5.92 Å². The lowest BCUT2D eigenvalue weighted by Crippen LogP contribution is -2.16. The van der Waals surface area contributed by atoms with E-state index >= 15 is 0 Å². The van der Waals surface area contributed by atoms with Crippen molar-refractivity contribution in [3.63, 3.8) is 0 Å². The smallest absolute Gasteiger partial charge is 0.312 e. The second kappa shape index (κ2) is 7.49. The Hall–Kier alpha value is -1.77. The molecule has 92 valence electrons. The number of para-hydroxylation sites is 1. The number of allylic oxidation sites excluding steroid dienone is 1. The van der Waals surface area contributed by atoms with Crippen molar-refractivity contribution in [2.75, 3.05) is 13.7 Å². The van der Waals surface area contributed by atoms with Gasteiger partial charge < -0.3 is 9.47 Å². The van der Waals surface area contributed by atoms with Crippen LogP contribution < -0.4 is 4.74 Å². The molecule has 17 heavy (non-hydrogen) atoms. The predicted octanol–water partition coefficient (Wildman–Crippen LogP) is 2.82. The molecule has 1 rings (SSSR count). The molecule has 0 bridgehead atoms. The minimum Gasteiger partial charge on any atom is -0.494 e. The van der Waals surface area contributed by atoms with Gasteiger partial charge in [-0.05, 0) is 25.5 Å². The van der Waals surface area contributed by atoms with E-state index in [4.69, 9.17) is 9.47 Å². The lowest BCUT2D eigenvalue weighted by Gasteiger charge is -2.11. The normalized spacial score (nSPS) is 12.4. The first-order valence-corrected chi connectivity index (χ1v) is 5.66. The molecule has 0 amide bonds. The third-order valence-electron chi connectivity index (χ3n) is 2.37. The van der Waals surface area contributed by atoms with Crippen molar-refractivity contribution in [2.45, 2.75) is 13.3 Å². The Balaban J connectivity index is 2.40. The topological polar surface area (TPSA) is 35.5 Å². The fourth-order valence-corrected chi connectivity index (χ4v) is 1.50. The molecule has 0 spiro atoms. The zero-order valence-electron chi connectivity index (χ0n) is 10.3. The number of rotatable bonds is 6. The van der Waals surface area contributed by atoms with Gasteiger partial charge in [0.15, 0.2) is 0 Å². The van der Waals surface area contributed by atoms with Gasteiger partial charge in [-0.15, -0.1) is 0 Å². The maximum absolute atomic E-state index is 11.4. The van der Waals surface area contributed by atoms with Crippen molar-refractivity contribution in [1.82, 2.24) is 0 Å². The molecule has 0 fully saturated rings. The summed E-state index contributed by atoms with van der Waals surface area (Å²) in [4.78, 5) is 11.4. The van der Waals surface area contributed by atoms with E-state index in [2.05, 4.69) is 0 Å². The van der Waals surface area contributed by atoms with Crippen molar-refractivity contribution in [2.24, 2.45) is 5.92 Å². The second-order valence-electron chi connectivity index (χ2n) is 3.61. The molecular weight excluding hydrogens is 216 g/mol. The minimum absolute atomic E-state index is 0.222. The van der Waals surface area contributed by atoms with Gasteiger partial charge in [0.2, 0.25) is 0 Å². The molecule has 0 saturated carbocycles. The summed E-state index contributed by atoms with van der Waals surface area (Å²) in [5.74, 6) is 0.366. The Kier molecular flexibility index (Phi) is 5.86. The molecular formula is C14H18O3. The van der Waals surface area contributed by atoms with Crippen LogP contribution in [0.2, 0.25) is 0 Å². The van der Waals surface area contributed by atoms with Gasteiger partial charge in [0.25, 0.3) is 0 Å². The van der Waals surface area contributed by atoms with Crippen LogP contribution in [0.3, 0.4) is 0 Å². The Bertz CT molecular complexity index is 357. The summed E-state index contributed by atoms with van der Waals surface area (Å²) < 4.78 is 10.3. The van der Waals surface area contributed by atoms with Crippen molar-refractivity contribution in [3.05, 3.63) is 42.5 Å². The number of hydrogen-bond acceptors (Lipinski definition) is 3. The Labute approximate surface area is 102 Å². The number of ether oxygens (including phenoxy) is 2. The molecule has 3 nitrogen and oxygen atoms in total. The van der Waals surface area contributed by atoms with Crippen LogP contribution >= 0.6 is 0 Å². The fourth-order valence-electron chi connectivity index (χ4n) is 1.50. The van der Waals surface area contributed by atoms with Gasteiger partial charge >= 0.3 is 5.97 Å². The van der Waals surface area contributed by atoms with E-state index in [0.717, 1.165) is 5.75 Å². The summed E-state index contributed by atoms with van der Waals surface area (Å²) >= 11 is 0. The van der Waals surface area contributed by atoms with E-state index in [1.54, 1.807) is 0 Å². The van der Waals surface area contributed by atoms with Crippen LogP contribution in [0.4, 0.5) is 0 Å². The zero-order chi connectivity index (χ0) is 12.5. The Morgan fingerprint density at radius 1 is 1.35 bits per heavy atom. The van der Waals surface area contributed by atoms with Crippen LogP contribution in [0.1, 0.15) is 13.3 Å². The SMILES string of the molecule is CC=CC(CCOc1ccccc1)C(=O)OC. The highest BCUT2D eigenvalue weighted by Gasteiger charge is 2.15. The van der Waals surface area contributed by atoms with Gasteiger partial charge in [0, 0.05) is 0 Å². The number of carbonyl (C=O) groups is 1. The van der Waals surface area contributed by atoms with Crippen molar-refractivity contribution >= 4 is 5.97 Å². The average molecular weight is 234 g/mol. The molecule has 0 radical (unpaired) electrons. The zero-order valence-corrected chi connectivity index (χ0v) is 10.3. The standard InChI is InChI=1S/C14H18O3/c1-3-7-12(14(15)16-2)10-11-17-13-8-5-4-6-9-13/h3-9,12H,10-11H2,1-2H3. The van der Waals surface area contributed by atoms with E-state index in [1.807, 2.05) is 49.4 Å². The molecule has 0 aromatic heterocycles. The van der Waals surface area contributed by atoms with E-state index in [9.17, 15) is 4.79 Å². The van der Waals surface area contributed by atoms with Crippen LogP contribution in [-0.2, 0) is 9.53 Å². The van der Waals surface area contributed by atoms with E-state index in [-0.39, 0.29) is 11.9 Å². The molecule has 0 N–H and O–H groups in total. The summed E-state index contributed by atoms with van der Waals surface area (Å²) in [5.41, 5.74) is 0. The van der Waals surface area contributed by atoms with E-state index in [0.29, 0.717) is 13.0 Å².